The van der Waals surface area contributed by atoms with Crippen molar-refractivity contribution in [3.63, 3.8) is 0 Å². The highest BCUT2D eigenvalue weighted by Crippen LogP contribution is 2.34. The summed E-state index contributed by atoms with van der Waals surface area (Å²) < 4.78 is 23.4. The van der Waals surface area contributed by atoms with Crippen molar-refractivity contribution in [1.29, 1.82) is 0 Å². The molecule has 204 valence electrons. The number of ether oxygens (including phenoxy) is 4. The number of aliphatic hydroxyl groups is 4. The number of rotatable bonds is 9. The first-order valence-electron chi connectivity index (χ1n) is 11.8. The van der Waals surface area contributed by atoms with Crippen molar-refractivity contribution in [2.75, 3.05) is 20.2 Å². The monoisotopic (exact) mass is 508 g/mol. The first-order valence-corrected chi connectivity index (χ1v) is 11.8. The van der Waals surface area contributed by atoms with Crippen molar-refractivity contribution in [2.24, 2.45) is 22.9 Å². The predicted molar refractivity (Wildman–Crippen MR) is 120 cm³/mol. The van der Waals surface area contributed by atoms with Crippen LogP contribution in [0.1, 0.15) is 19.3 Å². The van der Waals surface area contributed by atoms with Crippen LogP contribution in [0.15, 0.2) is 0 Å². The third-order valence-corrected chi connectivity index (χ3v) is 6.65. The minimum absolute atomic E-state index is 0.0611. The molecular weight excluding hydrogens is 468 g/mol. The third kappa shape index (κ3) is 6.64. The van der Waals surface area contributed by atoms with Gasteiger partial charge in [0.15, 0.2) is 12.6 Å². The second kappa shape index (κ2) is 12.5. The number of carbonyl (C=O) groups excluding carboxylic acids is 1. The van der Waals surface area contributed by atoms with E-state index in [1.807, 2.05) is 0 Å². The van der Waals surface area contributed by atoms with Crippen molar-refractivity contribution in [3.05, 3.63) is 0 Å². The highest BCUT2D eigenvalue weighted by Gasteiger charge is 2.52. The van der Waals surface area contributed by atoms with Crippen LogP contribution in [-0.2, 0) is 23.7 Å². The Kier molecular flexibility index (Phi) is 10.2. The van der Waals surface area contributed by atoms with Crippen LogP contribution >= 0.6 is 0 Å². The summed E-state index contributed by atoms with van der Waals surface area (Å²) in [5.41, 5.74) is 23.4. The number of amides is 1. The number of carbonyl (C=O) groups is 1. The summed E-state index contributed by atoms with van der Waals surface area (Å²) in [5, 5.41) is 46.7. The van der Waals surface area contributed by atoms with Gasteiger partial charge in [0.2, 0.25) is 5.91 Å². The molecule has 1 amide bonds. The minimum Gasteiger partial charge on any atom is -0.389 e. The third-order valence-electron chi connectivity index (χ3n) is 6.65. The lowest BCUT2D eigenvalue weighted by Crippen LogP contribution is -2.69. The molecule has 0 aromatic heterocycles. The first-order chi connectivity index (χ1) is 16.6. The van der Waals surface area contributed by atoms with Crippen LogP contribution in [0.5, 0.6) is 0 Å². The Labute approximate surface area is 203 Å². The number of nitrogens with one attached hydrogen (secondary N) is 2. The first kappa shape index (κ1) is 28.5. The average Bonchev–Trinajstić information content (AvgIpc) is 2.79. The molecule has 1 aliphatic carbocycles. The lowest BCUT2D eigenvalue weighted by Gasteiger charge is -2.50. The molecule has 14 N–H and O–H groups in total. The van der Waals surface area contributed by atoms with E-state index in [-0.39, 0.29) is 32.4 Å². The fourth-order valence-corrected chi connectivity index (χ4v) is 4.74. The van der Waals surface area contributed by atoms with Crippen molar-refractivity contribution in [1.82, 2.24) is 10.6 Å². The molecule has 3 rings (SSSR count). The maximum absolute atomic E-state index is 11.6. The van der Waals surface area contributed by atoms with Crippen LogP contribution in [-0.4, -0.2) is 126 Å². The Morgan fingerprint density at radius 3 is 2.40 bits per heavy atom. The van der Waals surface area contributed by atoms with E-state index in [4.69, 9.17) is 41.9 Å². The molecule has 2 saturated heterocycles. The second-order valence-electron chi connectivity index (χ2n) is 9.32. The number of hydrogen-bond donors (Lipinski definition) is 10. The van der Waals surface area contributed by atoms with Gasteiger partial charge in [0.1, 0.15) is 30.6 Å². The van der Waals surface area contributed by atoms with E-state index in [1.165, 1.54) is 0 Å². The largest absolute Gasteiger partial charge is 0.389 e. The number of fused-ring (bicyclic) bond motifs is 1. The zero-order valence-electron chi connectivity index (χ0n) is 19.7. The molecule has 3 aliphatic rings. The van der Waals surface area contributed by atoms with E-state index in [1.54, 1.807) is 7.05 Å². The summed E-state index contributed by atoms with van der Waals surface area (Å²) in [6.07, 6.45) is -8.91. The van der Waals surface area contributed by atoms with E-state index in [0.29, 0.717) is 0 Å². The highest BCUT2D eigenvalue weighted by molar-refractivity contribution is 5.76. The van der Waals surface area contributed by atoms with Crippen molar-refractivity contribution < 1.29 is 44.2 Å². The van der Waals surface area contributed by atoms with Gasteiger partial charge in [-0.25, -0.2) is 0 Å². The summed E-state index contributed by atoms with van der Waals surface area (Å²) in [6.45, 7) is -0.142. The molecule has 3 fully saturated rings. The van der Waals surface area contributed by atoms with Gasteiger partial charge in [0.05, 0.1) is 30.9 Å². The number of hydrogen-bond acceptors (Lipinski definition) is 14. The fraction of sp³-hybridized carbons (Fsp3) is 0.950. The van der Waals surface area contributed by atoms with Crippen LogP contribution in [0, 0.1) is 0 Å². The van der Waals surface area contributed by atoms with Crippen molar-refractivity contribution in [3.8, 4) is 0 Å². The Morgan fingerprint density at radius 2 is 1.74 bits per heavy atom. The highest BCUT2D eigenvalue weighted by atomic mass is 16.7. The van der Waals surface area contributed by atoms with E-state index >= 15 is 0 Å². The summed E-state index contributed by atoms with van der Waals surface area (Å²) in [7, 11) is 1.60. The normalized spacial score (nSPS) is 44.9. The Morgan fingerprint density at radius 1 is 1.03 bits per heavy atom. The molecule has 15 nitrogen and oxygen atoms in total. The van der Waals surface area contributed by atoms with Gasteiger partial charge in [-0.05, 0) is 19.9 Å². The summed E-state index contributed by atoms with van der Waals surface area (Å²) >= 11 is 0. The molecule has 0 spiro atoms. The van der Waals surface area contributed by atoms with Gasteiger partial charge in [-0.1, -0.05) is 0 Å². The van der Waals surface area contributed by atoms with E-state index in [9.17, 15) is 25.2 Å². The maximum Gasteiger partial charge on any atom is 0.223 e. The van der Waals surface area contributed by atoms with Crippen LogP contribution in [0.4, 0.5) is 0 Å². The Balaban J connectivity index is 1.60. The topological polar surface area (TPSA) is 263 Å². The van der Waals surface area contributed by atoms with Crippen LogP contribution < -0.4 is 33.6 Å². The zero-order chi connectivity index (χ0) is 25.9. The smallest absolute Gasteiger partial charge is 0.223 e. The van der Waals surface area contributed by atoms with E-state index in [0.717, 1.165) is 0 Å². The Bertz CT molecular complexity index is 693. The molecule has 15 heteroatoms. The van der Waals surface area contributed by atoms with E-state index < -0.39 is 85.5 Å². The standard InChI is InChI=1S/C20H40N6O9/c1-25-13-15(30)18-10(33-20(13)32-6-12(28)26-11(27)2-3-21)5-9(24)19(35-18)34-17-8(23)4-7(22)14(29)16(17)31/h7-10,12-20,25,28-31H,2-6,21-24H2,1H3,(H,26,27)/t7-,8?,9?,10+,12?,13?,14?,15?,16?,17-,18?,19+,20?/m1/s1. The molecule has 0 bridgehead atoms. The SMILES string of the molecule is CNC1C(OCC(O)NC(=O)CCN)O[C@H]2CC(N)[C@@H](O[C@@H]3C(N)C[C@@H](N)C(O)C3O)OC2C1O. The second-order valence-corrected chi connectivity index (χ2v) is 9.32. The van der Waals surface area contributed by atoms with Crippen LogP contribution in [0.3, 0.4) is 0 Å². The molecule has 13 atom stereocenters. The molecule has 0 aromatic rings. The van der Waals surface area contributed by atoms with Gasteiger partial charge in [-0.15, -0.1) is 0 Å². The minimum atomic E-state index is -1.32. The lowest BCUT2D eigenvalue weighted by atomic mass is 9.84. The zero-order valence-corrected chi connectivity index (χ0v) is 19.7. The summed E-state index contributed by atoms with van der Waals surface area (Å²) in [4.78, 5) is 11.6. The number of likely N-dealkylation sites (N-methyl/N-ethyl adjacent to an activating group) is 1. The molecule has 0 radical (unpaired) electrons. The van der Waals surface area contributed by atoms with Gasteiger partial charge in [0.25, 0.3) is 0 Å². The summed E-state index contributed by atoms with van der Waals surface area (Å²) in [6, 6.07) is -2.78. The van der Waals surface area contributed by atoms with Gasteiger partial charge in [-0.3, -0.25) is 4.79 Å². The molecule has 2 heterocycles. The fourth-order valence-electron chi connectivity index (χ4n) is 4.74. The predicted octanol–water partition coefficient (Wildman–Crippen LogP) is -5.93. The van der Waals surface area contributed by atoms with Gasteiger partial charge in [0, 0.05) is 25.0 Å². The maximum atomic E-state index is 11.6. The van der Waals surface area contributed by atoms with Crippen LogP contribution in [0.2, 0.25) is 0 Å². The molecule has 2 aliphatic heterocycles. The molecular formula is C20H40N6O9. The average molecular weight is 509 g/mol. The van der Waals surface area contributed by atoms with Crippen molar-refractivity contribution >= 4 is 5.91 Å². The molecule has 9 unspecified atom stereocenters. The summed E-state index contributed by atoms with van der Waals surface area (Å²) in [5.74, 6) is -0.423. The quantitative estimate of drug-likeness (QED) is 0.130. The van der Waals surface area contributed by atoms with Gasteiger partial charge < -0.3 is 72.9 Å². The van der Waals surface area contributed by atoms with Gasteiger partial charge >= 0.3 is 0 Å². The van der Waals surface area contributed by atoms with Crippen LogP contribution in [0.25, 0.3) is 0 Å². The van der Waals surface area contributed by atoms with E-state index in [2.05, 4.69) is 10.6 Å². The Hall–Kier alpha value is -1.05. The van der Waals surface area contributed by atoms with Gasteiger partial charge in [-0.2, -0.15) is 0 Å². The van der Waals surface area contributed by atoms with Crippen molar-refractivity contribution in [2.45, 2.75) is 98.9 Å². The molecule has 0 aromatic carbocycles. The molecule has 35 heavy (non-hydrogen) atoms. The lowest BCUT2D eigenvalue weighted by molar-refractivity contribution is -0.336. The molecule has 1 saturated carbocycles. The number of nitrogens with two attached hydrogens (primary N) is 4. The number of aliphatic hydroxyl groups excluding tert-OH is 4.